The zero-order valence-electron chi connectivity index (χ0n) is 8.58. The molecule has 1 aromatic carbocycles. The zero-order chi connectivity index (χ0) is 11.7. The third-order valence-electron chi connectivity index (χ3n) is 2.39. The average Bonchev–Trinajstić information content (AvgIpc) is 2.75. The van der Waals surface area contributed by atoms with Gasteiger partial charge in [-0.2, -0.15) is 0 Å². The van der Waals surface area contributed by atoms with Crippen LogP contribution in [0.5, 0.6) is 0 Å². The molecule has 2 aromatic rings. The van der Waals surface area contributed by atoms with Gasteiger partial charge in [-0.3, -0.25) is 0 Å². The van der Waals surface area contributed by atoms with Crippen LogP contribution in [0, 0.1) is 6.92 Å². The number of aliphatic hydroxyl groups excluding tert-OH is 1. The molecule has 4 heteroatoms. The summed E-state index contributed by atoms with van der Waals surface area (Å²) in [6, 6.07) is 7.37. The number of aryl methyl sites for hydroxylation is 1. The molecule has 0 aliphatic heterocycles. The van der Waals surface area contributed by atoms with Crippen molar-refractivity contribution in [3.63, 3.8) is 0 Å². The van der Waals surface area contributed by atoms with E-state index in [1.807, 2.05) is 19.1 Å². The summed E-state index contributed by atoms with van der Waals surface area (Å²) in [6.45, 7) is 2.00. The Kier molecular flexibility index (Phi) is 3.52. The Bertz CT molecular complexity index is 492. The van der Waals surface area contributed by atoms with Gasteiger partial charge in [-0.1, -0.05) is 31.9 Å². The number of benzene rings is 1. The van der Waals surface area contributed by atoms with Gasteiger partial charge in [0.25, 0.3) is 0 Å². The first-order valence-electron chi connectivity index (χ1n) is 4.76. The SMILES string of the molecule is Cc1cc(Br)c(C(O)c2ccco2)cc1Br. The van der Waals surface area contributed by atoms with Crippen LogP contribution in [0.4, 0.5) is 0 Å². The van der Waals surface area contributed by atoms with E-state index in [4.69, 9.17) is 4.42 Å². The van der Waals surface area contributed by atoms with Crippen LogP contribution in [-0.2, 0) is 0 Å². The first-order valence-corrected chi connectivity index (χ1v) is 6.35. The molecule has 0 aliphatic carbocycles. The lowest BCUT2D eigenvalue weighted by molar-refractivity contribution is 0.188. The first kappa shape index (κ1) is 11.9. The smallest absolute Gasteiger partial charge is 0.138 e. The first-order chi connectivity index (χ1) is 7.59. The summed E-state index contributed by atoms with van der Waals surface area (Å²) in [4.78, 5) is 0. The summed E-state index contributed by atoms with van der Waals surface area (Å²) < 4.78 is 7.03. The minimum absolute atomic E-state index is 0.538. The van der Waals surface area contributed by atoms with Gasteiger partial charge in [-0.15, -0.1) is 0 Å². The van der Waals surface area contributed by atoms with Crippen LogP contribution < -0.4 is 0 Å². The highest BCUT2D eigenvalue weighted by Crippen LogP contribution is 2.32. The fourth-order valence-corrected chi connectivity index (χ4v) is 2.51. The van der Waals surface area contributed by atoms with E-state index >= 15 is 0 Å². The van der Waals surface area contributed by atoms with E-state index in [-0.39, 0.29) is 0 Å². The lowest BCUT2D eigenvalue weighted by Gasteiger charge is -2.12. The Hall–Kier alpha value is -0.580. The van der Waals surface area contributed by atoms with Crippen molar-refractivity contribution in [2.45, 2.75) is 13.0 Å². The Balaban J connectivity index is 2.44. The molecule has 0 saturated carbocycles. The molecule has 0 fully saturated rings. The van der Waals surface area contributed by atoms with E-state index in [1.165, 1.54) is 0 Å². The number of furan rings is 1. The van der Waals surface area contributed by atoms with Gasteiger partial charge < -0.3 is 9.52 Å². The van der Waals surface area contributed by atoms with E-state index in [0.717, 1.165) is 20.1 Å². The third kappa shape index (κ3) is 2.24. The normalized spacial score (nSPS) is 12.8. The van der Waals surface area contributed by atoms with Crippen LogP contribution in [0.3, 0.4) is 0 Å². The molecule has 1 N–H and O–H groups in total. The van der Waals surface area contributed by atoms with Crippen LogP contribution in [0.2, 0.25) is 0 Å². The summed E-state index contributed by atoms with van der Waals surface area (Å²) in [6.07, 6.45) is 0.802. The maximum atomic E-state index is 10.1. The van der Waals surface area contributed by atoms with Gasteiger partial charge in [0.1, 0.15) is 11.9 Å². The fourth-order valence-electron chi connectivity index (χ4n) is 1.47. The molecule has 1 heterocycles. The molecule has 0 spiro atoms. The van der Waals surface area contributed by atoms with Gasteiger partial charge in [0.2, 0.25) is 0 Å². The maximum Gasteiger partial charge on any atom is 0.138 e. The summed E-state index contributed by atoms with van der Waals surface area (Å²) in [5, 5.41) is 10.1. The van der Waals surface area contributed by atoms with Crippen LogP contribution in [-0.4, -0.2) is 5.11 Å². The van der Waals surface area contributed by atoms with Gasteiger partial charge in [-0.25, -0.2) is 0 Å². The van der Waals surface area contributed by atoms with E-state index in [0.29, 0.717) is 5.76 Å². The molecule has 1 unspecified atom stereocenters. The van der Waals surface area contributed by atoms with Crippen molar-refractivity contribution in [3.8, 4) is 0 Å². The van der Waals surface area contributed by atoms with Crippen molar-refractivity contribution in [1.29, 1.82) is 0 Å². The van der Waals surface area contributed by atoms with Crippen LogP contribution in [0.15, 0.2) is 43.9 Å². The molecule has 0 amide bonds. The maximum absolute atomic E-state index is 10.1. The van der Waals surface area contributed by atoms with E-state index in [2.05, 4.69) is 31.9 Å². The fraction of sp³-hybridized carbons (Fsp3) is 0.167. The molecule has 2 rings (SSSR count). The summed E-state index contributed by atoms with van der Waals surface area (Å²) in [7, 11) is 0. The van der Waals surface area contributed by atoms with Gasteiger partial charge in [0.05, 0.1) is 6.26 Å². The molecular weight excluding hydrogens is 336 g/mol. The summed E-state index contributed by atoms with van der Waals surface area (Å²) in [5.74, 6) is 0.538. The van der Waals surface area contributed by atoms with Gasteiger partial charge in [0.15, 0.2) is 0 Å². The van der Waals surface area contributed by atoms with Crippen LogP contribution in [0.1, 0.15) is 23.0 Å². The van der Waals surface area contributed by atoms with Gasteiger partial charge in [-0.05, 0) is 36.8 Å². The van der Waals surface area contributed by atoms with Crippen LogP contribution in [0.25, 0.3) is 0 Å². The number of halogens is 2. The highest BCUT2D eigenvalue weighted by molar-refractivity contribution is 9.11. The standard InChI is InChI=1S/C12H10Br2O2/c1-7-5-10(14)8(6-9(7)13)12(15)11-3-2-4-16-11/h2-6,12,15H,1H3. The number of rotatable bonds is 2. The van der Waals surface area contributed by atoms with Gasteiger partial charge >= 0.3 is 0 Å². The van der Waals surface area contributed by atoms with E-state index in [9.17, 15) is 5.11 Å². The molecule has 0 bridgehead atoms. The number of hydrogen-bond acceptors (Lipinski definition) is 2. The number of hydrogen-bond donors (Lipinski definition) is 1. The summed E-state index contributed by atoms with van der Waals surface area (Å²) in [5.41, 5.74) is 1.90. The summed E-state index contributed by atoms with van der Waals surface area (Å²) >= 11 is 6.89. The minimum Gasteiger partial charge on any atom is -0.466 e. The topological polar surface area (TPSA) is 33.4 Å². The lowest BCUT2D eigenvalue weighted by atomic mass is 10.1. The monoisotopic (exact) mass is 344 g/mol. The van der Waals surface area contributed by atoms with Crippen molar-refractivity contribution in [2.24, 2.45) is 0 Å². The Morgan fingerprint density at radius 1 is 1.25 bits per heavy atom. The molecule has 1 atom stereocenters. The Morgan fingerprint density at radius 2 is 2.00 bits per heavy atom. The quantitative estimate of drug-likeness (QED) is 0.885. The molecule has 16 heavy (non-hydrogen) atoms. The van der Waals surface area contributed by atoms with Crippen molar-refractivity contribution >= 4 is 31.9 Å². The highest BCUT2D eigenvalue weighted by Gasteiger charge is 2.17. The molecule has 1 aromatic heterocycles. The number of aliphatic hydroxyl groups is 1. The largest absolute Gasteiger partial charge is 0.466 e. The van der Waals surface area contributed by atoms with E-state index in [1.54, 1.807) is 18.4 Å². The Morgan fingerprint density at radius 3 is 2.62 bits per heavy atom. The lowest BCUT2D eigenvalue weighted by Crippen LogP contribution is -1.99. The second-order valence-electron chi connectivity index (χ2n) is 3.54. The molecular formula is C12H10Br2O2. The van der Waals surface area contributed by atoms with Crippen molar-refractivity contribution in [3.05, 3.63) is 56.4 Å². The van der Waals surface area contributed by atoms with Gasteiger partial charge in [0, 0.05) is 14.5 Å². The highest BCUT2D eigenvalue weighted by atomic mass is 79.9. The zero-order valence-corrected chi connectivity index (χ0v) is 11.7. The van der Waals surface area contributed by atoms with Crippen molar-refractivity contribution in [2.75, 3.05) is 0 Å². The van der Waals surface area contributed by atoms with E-state index < -0.39 is 6.10 Å². The predicted molar refractivity (Wildman–Crippen MR) is 69.3 cm³/mol. The second-order valence-corrected chi connectivity index (χ2v) is 5.25. The Labute approximate surface area is 111 Å². The second kappa shape index (κ2) is 4.73. The minimum atomic E-state index is -0.749. The third-order valence-corrected chi connectivity index (χ3v) is 3.93. The van der Waals surface area contributed by atoms with Crippen molar-refractivity contribution < 1.29 is 9.52 Å². The molecule has 0 saturated heterocycles. The average molecular weight is 346 g/mol. The molecule has 0 radical (unpaired) electrons. The molecule has 0 aliphatic rings. The predicted octanol–water partition coefficient (Wildman–Crippen LogP) is 4.19. The van der Waals surface area contributed by atoms with Crippen molar-refractivity contribution in [1.82, 2.24) is 0 Å². The molecule has 84 valence electrons. The molecule has 2 nitrogen and oxygen atoms in total. The van der Waals surface area contributed by atoms with Crippen LogP contribution >= 0.6 is 31.9 Å².